The first kappa shape index (κ1) is 74.3. The molecule has 6 heteroatoms. The highest BCUT2D eigenvalue weighted by Gasteiger charge is 2.20. The third-order valence-electron chi connectivity index (χ3n) is 16.2. The van der Waals surface area contributed by atoms with Crippen LogP contribution in [-0.2, 0) is 14.3 Å². The summed E-state index contributed by atoms with van der Waals surface area (Å²) in [4.78, 5) is 24.6. The Bertz CT molecular complexity index is 1190. The van der Waals surface area contributed by atoms with Crippen molar-refractivity contribution < 1.29 is 24.5 Å². The molecule has 0 radical (unpaired) electrons. The van der Waals surface area contributed by atoms with Gasteiger partial charge in [0, 0.05) is 12.8 Å². The highest BCUT2D eigenvalue weighted by molar-refractivity contribution is 5.76. The van der Waals surface area contributed by atoms with Crippen LogP contribution in [0.5, 0.6) is 0 Å². The quantitative estimate of drug-likeness (QED) is 0.0320. The first-order valence-electron chi connectivity index (χ1n) is 34.6. The van der Waals surface area contributed by atoms with Gasteiger partial charge in [-0.2, -0.15) is 0 Å². The molecule has 0 aliphatic carbocycles. The van der Waals surface area contributed by atoms with E-state index >= 15 is 0 Å². The predicted molar refractivity (Wildman–Crippen MR) is 333 cm³/mol. The Morgan fingerprint density at radius 3 is 0.934 bits per heavy atom. The van der Waals surface area contributed by atoms with Crippen molar-refractivity contribution in [3.63, 3.8) is 0 Å². The predicted octanol–water partition coefficient (Wildman–Crippen LogP) is 22.1. The maximum absolute atomic E-state index is 12.5. The SMILES string of the molecule is CCCCCCCC/C=C\CCCCCCCCCC(=O)OCCCCCCCCCC/C=C\CCCCCCCCCC(=O)NC(CO)C(O)CCCCCCCCCCCCCCCCCCCCCCCCC. The van der Waals surface area contributed by atoms with Crippen LogP contribution in [0.2, 0.25) is 0 Å². The molecule has 6 nitrogen and oxygen atoms in total. The van der Waals surface area contributed by atoms with Crippen LogP contribution in [0.3, 0.4) is 0 Å². The molecule has 0 spiro atoms. The van der Waals surface area contributed by atoms with E-state index < -0.39 is 12.1 Å². The molecule has 76 heavy (non-hydrogen) atoms. The van der Waals surface area contributed by atoms with E-state index in [4.69, 9.17) is 4.74 Å². The summed E-state index contributed by atoms with van der Waals surface area (Å²) < 4.78 is 5.49. The second-order valence-corrected chi connectivity index (χ2v) is 23.9. The zero-order valence-corrected chi connectivity index (χ0v) is 51.5. The average molecular weight is 1070 g/mol. The molecule has 0 aromatic carbocycles. The van der Waals surface area contributed by atoms with Gasteiger partial charge in [0.05, 0.1) is 25.4 Å². The first-order chi connectivity index (χ1) is 37.5. The van der Waals surface area contributed by atoms with Crippen molar-refractivity contribution in [1.82, 2.24) is 5.32 Å². The van der Waals surface area contributed by atoms with Crippen LogP contribution >= 0.6 is 0 Å². The minimum Gasteiger partial charge on any atom is -0.466 e. The lowest BCUT2D eigenvalue weighted by Crippen LogP contribution is -2.45. The second-order valence-electron chi connectivity index (χ2n) is 23.9. The van der Waals surface area contributed by atoms with Gasteiger partial charge in [-0.1, -0.05) is 321 Å². The lowest BCUT2D eigenvalue weighted by Gasteiger charge is -2.22. The molecule has 2 unspecified atom stereocenters. The Kier molecular flexibility index (Phi) is 64.4. The van der Waals surface area contributed by atoms with Crippen molar-refractivity contribution in [2.75, 3.05) is 13.2 Å². The average Bonchev–Trinajstić information content (AvgIpc) is 3.42. The minimum absolute atomic E-state index is 0.00169. The number of nitrogens with one attached hydrogen (secondary N) is 1. The fourth-order valence-corrected chi connectivity index (χ4v) is 10.9. The molecule has 0 aliphatic heterocycles. The Hall–Kier alpha value is -1.66. The van der Waals surface area contributed by atoms with Gasteiger partial charge in [-0.05, 0) is 77.0 Å². The van der Waals surface area contributed by atoms with Gasteiger partial charge in [-0.3, -0.25) is 9.59 Å². The summed E-state index contributed by atoms with van der Waals surface area (Å²) in [7, 11) is 0. The van der Waals surface area contributed by atoms with E-state index in [-0.39, 0.29) is 18.5 Å². The molecule has 0 fully saturated rings. The van der Waals surface area contributed by atoms with E-state index in [1.54, 1.807) is 0 Å². The van der Waals surface area contributed by atoms with E-state index in [0.717, 1.165) is 44.9 Å². The molecule has 0 saturated heterocycles. The number of amides is 1. The molecule has 0 aliphatic rings. The van der Waals surface area contributed by atoms with Crippen LogP contribution in [0.1, 0.15) is 386 Å². The lowest BCUT2D eigenvalue weighted by atomic mass is 10.0. The van der Waals surface area contributed by atoms with Crippen LogP contribution < -0.4 is 5.32 Å². The Labute approximate surface area is 475 Å². The molecule has 0 rings (SSSR count). The van der Waals surface area contributed by atoms with E-state index in [1.165, 1.54) is 308 Å². The Balaban J connectivity index is 3.43. The van der Waals surface area contributed by atoms with Crippen molar-refractivity contribution in [2.45, 2.75) is 398 Å². The number of carbonyl (C=O) groups excluding carboxylic acids is 2. The fraction of sp³-hybridized carbons (Fsp3) is 0.914. The summed E-state index contributed by atoms with van der Waals surface area (Å²) in [5.74, 6) is -0.0387. The molecule has 0 bridgehead atoms. The Morgan fingerprint density at radius 1 is 0.355 bits per heavy atom. The van der Waals surface area contributed by atoms with Gasteiger partial charge in [0.1, 0.15) is 0 Å². The third kappa shape index (κ3) is 61.6. The van der Waals surface area contributed by atoms with Crippen molar-refractivity contribution in [3.8, 4) is 0 Å². The van der Waals surface area contributed by atoms with Crippen LogP contribution in [-0.4, -0.2) is 47.4 Å². The smallest absolute Gasteiger partial charge is 0.305 e. The number of rotatable bonds is 65. The lowest BCUT2D eigenvalue weighted by molar-refractivity contribution is -0.143. The number of hydrogen-bond donors (Lipinski definition) is 3. The molecule has 3 N–H and O–H groups in total. The summed E-state index contributed by atoms with van der Waals surface area (Å²) in [6.07, 6.45) is 82.1. The zero-order valence-electron chi connectivity index (χ0n) is 51.5. The van der Waals surface area contributed by atoms with Gasteiger partial charge in [0.2, 0.25) is 5.91 Å². The number of aliphatic hydroxyl groups excluding tert-OH is 2. The largest absolute Gasteiger partial charge is 0.466 e. The number of ether oxygens (including phenoxy) is 1. The molecule has 0 saturated carbocycles. The molecule has 0 aromatic rings. The third-order valence-corrected chi connectivity index (χ3v) is 16.2. The van der Waals surface area contributed by atoms with E-state index in [2.05, 4.69) is 43.5 Å². The van der Waals surface area contributed by atoms with Crippen molar-refractivity contribution in [3.05, 3.63) is 24.3 Å². The summed E-state index contributed by atoms with van der Waals surface area (Å²) in [5.41, 5.74) is 0. The summed E-state index contributed by atoms with van der Waals surface area (Å²) in [6.45, 7) is 4.97. The van der Waals surface area contributed by atoms with Crippen LogP contribution in [0, 0.1) is 0 Å². The number of carbonyl (C=O) groups is 2. The summed E-state index contributed by atoms with van der Waals surface area (Å²) in [5, 5.41) is 23.4. The van der Waals surface area contributed by atoms with E-state index in [1.807, 2.05) is 0 Å². The fourth-order valence-electron chi connectivity index (χ4n) is 10.9. The zero-order chi connectivity index (χ0) is 55.0. The number of aliphatic hydroxyl groups is 2. The van der Waals surface area contributed by atoms with Crippen molar-refractivity contribution >= 4 is 11.9 Å². The van der Waals surface area contributed by atoms with Gasteiger partial charge < -0.3 is 20.3 Å². The highest BCUT2D eigenvalue weighted by atomic mass is 16.5. The summed E-state index contributed by atoms with van der Waals surface area (Å²) in [6, 6.07) is -0.550. The topological polar surface area (TPSA) is 95.9 Å². The normalized spacial score (nSPS) is 12.6. The number of unbranched alkanes of at least 4 members (excludes halogenated alkanes) is 50. The van der Waals surface area contributed by atoms with Gasteiger partial charge in [0.15, 0.2) is 0 Å². The minimum atomic E-state index is -0.672. The molecular weight excluding hydrogens is 935 g/mol. The maximum atomic E-state index is 12.5. The van der Waals surface area contributed by atoms with Crippen molar-refractivity contribution in [2.24, 2.45) is 0 Å². The second kappa shape index (κ2) is 65.9. The number of hydrogen-bond acceptors (Lipinski definition) is 5. The molecule has 0 heterocycles. The van der Waals surface area contributed by atoms with Gasteiger partial charge in [0.25, 0.3) is 0 Å². The molecule has 0 aromatic heterocycles. The standard InChI is InChI=1S/C70H135NO5/c1-3-5-7-9-11-13-15-17-19-21-22-23-24-25-27-31-34-38-42-46-50-54-58-62-68(73)67(66-72)71-69(74)63-59-55-51-47-43-39-35-32-28-26-29-33-37-41-45-49-53-57-61-65-76-70(75)64-60-56-52-48-44-40-36-30-20-18-16-14-12-10-8-6-4-2/h18,20,26,28,67-68,72-73H,3-17,19,21-25,27,29-66H2,1-2H3,(H,71,74)/b20-18-,28-26-. The van der Waals surface area contributed by atoms with Crippen LogP contribution in [0.15, 0.2) is 24.3 Å². The highest BCUT2D eigenvalue weighted by Crippen LogP contribution is 2.18. The molecular formula is C70H135NO5. The van der Waals surface area contributed by atoms with E-state index in [0.29, 0.717) is 25.9 Å². The van der Waals surface area contributed by atoms with Crippen molar-refractivity contribution in [1.29, 1.82) is 0 Å². The van der Waals surface area contributed by atoms with Crippen LogP contribution in [0.25, 0.3) is 0 Å². The van der Waals surface area contributed by atoms with Gasteiger partial charge >= 0.3 is 5.97 Å². The van der Waals surface area contributed by atoms with Crippen LogP contribution in [0.4, 0.5) is 0 Å². The van der Waals surface area contributed by atoms with Gasteiger partial charge in [-0.15, -0.1) is 0 Å². The maximum Gasteiger partial charge on any atom is 0.305 e. The molecule has 450 valence electrons. The Morgan fingerprint density at radius 2 is 0.618 bits per heavy atom. The molecule has 1 amide bonds. The first-order valence-corrected chi connectivity index (χ1v) is 34.6. The molecule has 2 atom stereocenters. The van der Waals surface area contributed by atoms with Gasteiger partial charge in [-0.25, -0.2) is 0 Å². The number of esters is 1. The number of allylic oxidation sites excluding steroid dienone is 4. The van der Waals surface area contributed by atoms with E-state index in [9.17, 15) is 19.8 Å². The monoisotopic (exact) mass is 1070 g/mol. The summed E-state index contributed by atoms with van der Waals surface area (Å²) >= 11 is 0.